The first kappa shape index (κ1) is 18.4. The standard InChI is InChI=1S/C20H22N4O3/c1-3-6-17(21-18(25)13-9-11-14(27-2)12-10-13)19(26)24-20-22-15-7-4-5-8-16(15)23-20/h4-5,7-12,17H,3,6H2,1-2H3,(H,21,25)(H2,22,23,24,26). The minimum absolute atomic E-state index is 0.308. The number of carbonyl (C=O) groups excluding carboxylic acids is 2. The summed E-state index contributed by atoms with van der Waals surface area (Å²) >= 11 is 0. The molecule has 0 fully saturated rings. The van der Waals surface area contributed by atoms with Gasteiger partial charge in [0.25, 0.3) is 5.91 Å². The summed E-state index contributed by atoms with van der Waals surface area (Å²) in [5, 5.41) is 5.54. The summed E-state index contributed by atoms with van der Waals surface area (Å²) in [6, 6.07) is 13.6. The number of amides is 2. The first-order chi connectivity index (χ1) is 13.1. The summed E-state index contributed by atoms with van der Waals surface area (Å²) in [5.41, 5.74) is 2.07. The third kappa shape index (κ3) is 4.44. The lowest BCUT2D eigenvalue weighted by Gasteiger charge is -2.17. The third-order valence-corrected chi connectivity index (χ3v) is 4.18. The van der Waals surface area contributed by atoms with Gasteiger partial charge in [-0.15, -0.1) is 0 Å². The molecule has 1 heterocycles. The number of H-pyrrole nitrogens is 1. The molecule has 0 bridgehead atoms. The zero-order valence-corrected chi connectivity index (χ0v) is 15.3. The second-order valence-electron chi connectivity index (χ2n) is 6.14. The number of rotatable bonds is 7. The van der Waals surface area contributed by atoms with Crippen LogP contribution in [0.3, 0.4) is 0 Å². The maximum absolute atomic E-state index is 12.6. The molecule has 0 aliphatic rings. The number of imidazole rings is 1. The van der Waals surface area contributed by atoms with Crippen LogP contribution >= 0.6 is 0 Å². The summed E-state index contributed by atoms with van der Waals surface area (Å²) in [6.45, 7) is 1.96. The monoisotopic (exact) mass is 366 g/mol. The largest absolute Gasteiger partial charge is 0.497 e. The Hall–Kier alpha value is -3.35. The van der Waals surface area contributed by atoms with Gasteiger partial charge in [-0.1, -0.05) is 25.5 Å². The smallest absolute Gasteiger partial charge is 0.251 e. The van der Waals surface area contributed by atoms with Crippen LogP contribution in [-0.4, -0.2) is 34.9 Å². The average Bonchev–Trinajstić information content (AvgIpc) is 3.09. The molecule has 1 unspecified atom stereocenters. The predicted molar refractivity (Wildman–Crippen MR) is 104 cm³/mol. The number of carbonyl (C=O) groups is 2. The molecule has 0 saturated heterocycles. The van der Waals surface area contributed by atoms with Gasteiger partial charge >= 0.3 is 0 Å². The molecule has 27 heavy (non-hydrogen) atoms. The lowest BCUT2D eigenvalue weighted by atomic mass is 10.1. The van der Waals surface area contributed by atoms with Gasteiger partial charge in [0.1, 0.15) is 11.8 Å². The van der Waals surface area contributed by atoms with E-state index in [0.29, 0.717) is 23.7 Å². The van der Waals surface area contributed by atoms with E-state index >= 15 is 0 Å². The molecule has 1 atom stereocenters. The van der Waals surface area contributed by atoms with E-state index in [0.717, 1.165) is 17.5 Å². The molecule has 0 saturated carbocycles. The van der Waals surface area contributed by atoms with E-state index < -0.39 is 6.04 Å². The molecule has 0 aliphatic heterocycles. The van der Waals surface area contributed by atoms with E-state index in [1.165, 1.54) is 0 Å². The highest BCUT2D eigenvalue weighted by Crippen LogP contribution is 2.15. The van der Waals surface area contributed by atoms with Crippen molar-refractivity contribution in [3.63, 3.8) is 0 Å². The maximum atomic E-state index is 12.6. The number of anilines is 1. The molecular formula is C20H22N4O3. The Bertz CT molecular complexity index is 901. The first-order valence-electron chi connectivity index (χ1n) is 8.81. The molecule has 3 aromatic rings. The van der Waals surface area contributed by atoms with Gasteiger partial charge in [-0.2, -0.15) is 0 Å². The molecule has 7 heteroatoms. The van der Waals surface area contributed by atoms with Crippen molar-refractivity contribution in [3.8, 4) is 5.75 Å². The second-order valence-corrected chi connectivity index (χ2v) is 6.14. The van der Waals surface area contributed by atoms with E-state index in [1.54, 1.807) is 31.4 Å². The fourth-order valence-electron chi connectivity index (χ4n) is 2.76. The number of methoxy groups -OCH3 is 1. The first-order valence-corrected chi connectivity index (χ1v) is 8.81. The predicted octanol–water partition coefficient (Wildman–Crippen LogP) is 3.11. The van der Waals surface area contributed by atoms with E-state index in [4.69, 9.17) is 4.74 Å². The van der Waals surface area contributed by atoms with Crippen molar-refractivity contribution in [3.05, 3.63) is 54.1 Å². The van der Waals surface area contributed by atoms with Gasteiger partial charge in [-0.05, 0) is 42.8 Å². The van der Waals surface area contributed by atoms with Crippen LogP contribution in [0.1, 0.15) is 30.1 Å². The number of hydrogen-bond acceptors (Lipinski definition) is 4. The Balaban J connectivity index is 1.69. The zero-order valence-electron chi connectivity index (χ0n) is 15.3. The molecule has 1 aromatic heterocycles. The van der Waals surface area contributed by atoms with Gasteiger partial charge in [0.05, 0.1) is 18.1 Å². The molecule has 0 spiro atoms. The van der Waals surface area contributed by atoms with Crippen LogP contribution in [-0.2, 0) is 4.79 Å². The van der Waals surface area contributed by atoms with Crippen molar-refractivity contribution in [1.82, 2.24) is 15.3 Å². The molecule has 3 rings (SSSR count). The van der Waals surface area contributed by atoms with Gasteiger partial charge in [-0.3, -0.25) is 14.9 Å². The Morgan fingerprint density at radius 3 is 2.56 bits per heavy atom. The van der Waals surface area contributed by atoms with Gasteiger partial charge < -0.3 is 15.0 Å². The van der Waals surface area contributed by atoms with Crippen LogP contribution in [0.2, 0.25) is 0 Å². The Kier molecular flexibility index (Phi) is 5.71. The minimum atomic E-state index is -0.655. The summed E-state index contributed by atoms with van der Waals surface area (Å²) in [4.78, 5) is 32.5. The van der Waals surface area contributed by atoms with E-state index in [9.17, 15) is 9.59 Å². The number of nitrogens with one attached hydrogen (secondary N) is 3. The fourth-order valence-corrected chi connectivity index (χ4v) is 2.76. The number of aromatic amines is 1. The van der Waals surface area contributed by atoms with Crippen LogP contribution in [0.5, 0.6) is 5.75 Å². The quantitative estimate of drug-likeness (QED) is 0.599. The van der Waals surface area contributed by atoms with Crippen molar-refractivity contribution in [2.45, 2.75) is 25.8 Å². The number of ether oxygens (including phenoxy) is 1. The maximum Gasteiger partial charge on any atom is 0.251 e. The third-order valence-electron chi connectivity index (χ3n) is 4.18. The Morgan fingerprint density at radius 1 is 1.15 bits per heavy atom. The van der Waals surface area contributed by atoms with Crippen molar-refractivity contribution >= 4 is 28.8 Å². The number of fused-ring (bicyclic) bond motifs is 1. The molecule has 0 aliphatic carbocycles. The molecule has 3 N–H and O–H groups in total. The summed E-state index contributed by atoms with van der Waals surface area (Å²) in [6.07, 6.45) is 1.27. The molecular weight excluding hydrogens is 344 g/mol. The molecule has 0 radical (unpaired) electrons. The number of hydrogen-bond donors (Lipinski definition) is 3. The highest BCUT2D eigenvalue weighted by Gasteiger charge is 2.21. The second kappa shape index (κ2) is 8.35. The highest BCUT2D eigenvalue weighted by atomic mass is 16.5. The average molecular weight is 366 g/mol. The number of aromatic nitrogens is 2. The van der Waals surface area contributed by atoms with Crippen molar-refractivity contribution in [2.75, 3.05) is 12.4 Å². The Labute approximate surface area is 157 Å². The van der Waals surface area contributed by atoms with Gasteiger partial charge in [-0.25, -0.2) is 4.98 Å². The van der Waals surface area contributed by atoms with E-state index in [2.05, 4.69) is 20.6 Å². The fraction of sp³-hybridized carbons (Fsp3) is 0.250. The number of benzene rings is 2. The molecule has 2 aromatic carbocycles. The normalized spacial score (nSPS) is 11.8. The number of para-hydroxylation sites is 2. The Morgan fingerprint density at radius 2 is 1.89 bits per heavy atom. The summed E-state index contributed by atoms with van der Waals surface area (Å²) in [7, 11) is 1.56. The molecule has 140 valence electrons. The topological polar surface area (TPSA) is 96.1 Å². The van der Waals surface area contributed by atoms with Crippen molar-refractivity contribution < 1.29 is 14.3 Å². The SMILES string of the molecule is CCCC(NC(=O)c1ccc(OC)cc1)C(=O)Nc1nc2ccccc2[nH]1. The van der Waals surface area contributed by atoms with E-state index in [-0.39, 0.29) is 11.8 Å². The number of nitrogens with zero attached hydrogens (tertiary/aromatic N) is 1. The lowest BCUT2D eigenvalue weighted by Crippen LogP contribution is -2.43. The van der Waals surface area contributed by atoms with Crippen LogP contribution in [0.4, 0.5) is 5.95 Å². The van der Waals surface area contributed by atoms with Gasteiger partial charge in [0.2, 0.25) is 11.9 Å². The van der Waals surface area contributed by atoms with Crippen LogP contribution in [0.25, 0.3) is 11.0 Å². The minimum Gasteiger partial charge on any atom is -0.497 e. The lowest BCUT2D eigenvalue weighted by molar-refractivity contribution is -0.118. The molecule has 7 nitrogen and oxygen atoms in total. The van der Waals surface area contributed by atoms with Crippen molar-refractivity contribution in [1.29, 1.82) is 0 Å². The highest BCUT2D eigenvalue weighted by molar-refractivity contribution is 6.01. The van der Waals surface area contributed by atoms with Gasteiger partial charge in [0.15, 0.2) is 0 Å². The van der Waals surface area contributed by atoms with Crippen LogP contribution in [0.15, 0.2) is 48.5 Å². The van der Waals surface area contributed by atoms with Gasteiger partial charge in [0, 0.05) is 5.56 Å². The van der Waals surface area contributed by atoms with E-state index in [1.807, 2.05) is 31.2 Å². The molecule has 2 amide bonds. The summed E-state index contributed by atoms with van der Waals surface area (Å²) in [5.74, 6) is 0.411. The van der Waals surface area contributed by atoms with Crippen molar-refractivity contribution in [2.24, 2.45) is 0 Å². The summed E-state index contributed by atoms with van der Waals surface area (Å²) < 4.78 is 5.09. The van der Waals surface area contributed by atoms with Crippen LogP contribution < -0.4 is 15.4 Å². The zero-order chi connectivity index (χ0) is 19.2. The van der Waals surface area contributed by atoms with Crippen LogP contribution in [0, 0.1) is 0 Å².